The average molecular weight is 258 g/mol. The molecule has 2 aromatic rings. The van der Waals surface area contributed by atoms with Gasteiger partial charge in [0.05, 0.1) is 4.92 Å². The van der Waals surface area contributed by atoms with Crippen LogP contribution in [0.15, 0.2) is 24.4 Å². The van der Waals surface area contributed by atoms with Crippen LogP contribution in [-0.4, -0.2) is 9.49 Å². The van der Waals surface area contributed by atoms with Gasteiger partial charge in [-0.1, -0.05) is 19.3 Å². The van der Waals surface area contributed by atoms with Crippen molar-refractivity contribution in [3.8, 4) is 0 Å². The Balaban J connectivity index is 2.12. The van der Waals surface area contributed by atoms with Crippen molar-refractivity contribution in [3.63, 3.8) is 0 Å². The molecule has 4 heteroatoms. The third-order valence-corrected chi connectivity index (χ3v) is 4.26. The molecule has 1 heterocycles. The van der Waals surface area contributed by atoms with E-state index >= 15 is 0 Å². The number of nitro groups is 1. The molecule has 1 fully saturated rings. The Kier molecular flexibility index (Phi) is 3.01. The second kappa shape index (κ2) is 4.68. The first-order valence-corrected chi connectivity index (χ1v) is 6.90. The molecule has 0 amide bonds. The molecule has 0 bridgehead atoms. The number of non-ortho nitro benzene ring substituents is 1. The lowest BCUT2D eigenvalue weighted by Gasteiger charge is -2.21. The molecule has 1 aromatic carbocycles. The maximum Gasteiger partial charge on any atom is 0.270 e. The van der Waals surface area contributed by atoms with Crippen LogP contribution in [0, 0.1) is 10.1 Å². The first-order valence-electron chi connectivity index (χ1n) is 6.90. The standard InChI is InChI=1S/C15H18N2O2/c1-16-10-14(11-5-3-2-4-6-11)13-9-12(17(18)19)7-8-15(13)16/h7-11H,2-6H2,1H3. The number of rotatable bonds is 2. The zero-order valence-corrected chi connectivity index (χ0v) is 11.1. The molecule has 0 radical (unpaired) electrons. The molecule has 100 valence electrons. The molecule has 0 unspecified atom stereocenters. The highest BCUT2D eigenvalue weighted by Crippen LogP contribution is 2.38. The number of hydrogen-bond donors (Lipinski definition) is 0. The van der Waals surface area contributed by atoms with Crippen molar-refractivity contribution in [2.75, 3.05) is 0 Å². The van der Waals surface area contributed by atoms with Crippen LogP contribution in [0.2, 0.25) is 0 Å². The monoisotopic (exact) mass is 258 g/mol. The van der Waals surface area contributed by atoms with Gasteiger partial charge in [-0.25, -0.2) is 0 Å². The van der Waals surface area contributed by atoms with Crippen molar-refractivity contribution >= 4 is 16.6 Å². The van der Waals surface area contributed by atoms with E-state index in [1.54, 1.807) is 12.1 Å². The summed E-state index contributed by atoms with van der Waals surface area (Å²) in [7, 11) is 2.01. The first kappa shape index (κ1) is 12.2. The highest BCUT2D eigenvalue weighted by molar-refractivity contribution is 5.86. The average Bonchev–Trinajstić information content (AvgIpc) is 2.77. The van der Waals surface area contributed by atoms with Crippen LogP contribution in [0.25, 0.3) is 10.9 Å². The topological polar surface area (TPSA) is 48.1 Å². The Labute approximate surface area is 112 Å². The van der Waals surface area contributed by atoms with E-state index < -0.39 is 0 Å². The SMILES string of the molecule is Cn1cc(C2CCCCC2)c2cc([N+](=O)[O-])ccc21. The molecular formula is C15H18N2O2. The van der Waals surface area contributed by atoms with Crippen LogP contribution < -0.4 is 0 Å². The van der Waals surface area contributed by atoms with Gasteiger partial charge in [0.1, 0.15) is 0 Å². The van der Waals surface area contributed by atoms with Gasteiger partial charge in [0.25, 0.3) is 5.69 Å². The summed E-state index contributed by atoms with van der Waals surface area (Å²) in [4.78, 5) is 10.6. The van der Waals surface area contributed by atoms with Crippen molar-refractivity contribution in [3.05, 3.63) is 40.1 Å². The molecule has 1 saturated carbocycles. The third kappa shape index (κ3) is 2.11. The first-order chi connectivity index (χ1) is 9.16. The molecule has 0 atom stereocenters. The number of benzene rings is 1. The highest BCUT2D eigenvalue weighted by Gasteiger charge is 2.21. The van der Waals surface area contributed by atoms with Crippen LogP contribution in [-0.2, 0) is 7.05 Å². The smallest absolute Gasteiger partial charge is 0.270 e. The van der Waals surface area contributed by atoms with Crippen LogP contribution in [0.3, 0.4) is 0 Å². The third-order valence-electron chi connectivity index (χ3n) is 4.26. The van der Waals surface area contributed by atoms with E-state index in [1.807, 2.05) is 13.1 Å². The number of hydrogen-bond acceptors (Lipinski definition) is 2. The maximum absolute atomic E-state index is 10.9. The molecule has 4 nitrogen and oxygen atoms in total. The molecule has 0 aliphatic heterocycles. The van der Waals surface area contributed by atoms with Crippen LogP contribution >= 0.6 is 0 Å². The fourth-order valence-electron chi connectivity index (χ4n) is 3.26. The zero-order valence-electron chi connectivity index (χ0n) is 11.1. The van der Waals surface area contributed by atoms with Gasteiger partial charge in [-0.05, 0) is 30.4 Å². The molecule has 3 rings (SSSR count). The van der Waals surface area contributed by atoms with E-state index in [9.17, 15) is 10.1 Å². The number of fused-ring (bicyclic) bond motifs is 1. The molecule has 0 spiro atoms. The number of aromatic nitrogens is 1. The maximum atomic E-state index is 10.9. The predicted molar refractivity (Wildman–Crippen MR) is 75.4 cm³/mol. The summed E-state index contributed by atoms with van der Waals surface area (Å²) in [6.07, 6.45) is 8.45. The lowest BCUT2D eigenvalue weighted by atomic mass is 9.84. The van der Waals surface area contributed by atoms with Gasteiger partial charge in [0.15, 0.2) is 0 Å². The quantitative estimate of drug-likeness (QED) is 0.600. The van der Waals surface area contributed by atoms with E-state index in [-0.39, 0.29) is 10.6 Å². The van der Waals surface area contributed by atoms with Crippen molar-refractivity contribution in [2.24, 2.45) is 7.05 Å². The van der Waals surface area contributed by atoms with E-state index in [2.05, 4.69) is 10.8 Å². The summed E-state index contributed by atoms with van der Waals surface area (Å²) in [6, 6.07) is 5.19. The summed E-state index contributed by atoms with van der Waals surface area (Å²) >= 11 is 0. The molecule has 0 saturated heterocycles. The Morgan fingerprint density at radius 1 is 1.26 bits per heavy atom. The number of nitrogens with zero attached hydrogens (tertiary/aromatic N) is 2. The Hall–Kier alpha value is -1.84. The Morgan fingerprint density at radius 3 is 2.68 bits per heavy atom. The second-order valence-corrected chi connectivity index (χ2v) is 5.49. The Morgan fingerprint density at radius 2 is 2.00 bits per heavy atom. The molecule has 1 aliphatic carbocycles. The van der Waals surface area contributed by atoms with E-state index in [1.165, 1.54) is 37.7 Å². The van der Waals surface area contributed by atoms with Crippen molar-refractivity contribution < 1.29 is 4.92 Å². The van der Waals surface area contributed by atoms with Gasteiger partial charge < -0.3 is 4.57 Å². The highest BCUT2D eigenvalue weighted by atomic mass is 16.6. The van der Waals surface area contributed by atoms with Crippen LogP contribution in [0.4, 0.5) is 5.69 Å². The predicted octanol–water partition coefficient (Wildman–Crippen LogP) is 4.13. The molecule has 0 N–H and O–H groups in total. The van der Waals surface area contributed by atoms with Crippen LogP contribution in [0.1, 0.15) is 43.6 Å². The summed E-state index contributed by atoms with van der Waals surface area (Å²) in [6.45, 7) is 0. The molecular weight excluding hydrogens is 240 g/mol. The van der Waals surface area contributed by atoms with Gasteiger partial charge in [-0.15, -0.1) is 0 Å². The number of nitro benzene ring substituents is 1. The molecule has 19 heavy (non-hydrogen) atoms. The van der Waals surface area contributed by atoms with E-state index in [0.29, 0.717) is 5.92 Å². The van der Waals surface area contributed by atoms with Gasteiger partial charge in [-0.2, -0.15) is 0 Å². The van der Waals surface area contributed by atoms with Crippen molar-refractivity contribution in [2.45, 2.75) is 38.0 Å². The van der Waals surface area contributed by atoms with E-state index in [4.69, 9.17) is 0 Å². The minimum Gasteiger partial charge on any atom is -0.350 e. The van der Waals surface area contributed by atoms with Gasteiger partial charge >= 0.3 is 0 Å². The lowest BCUT2D eigenvalue weighted by molar-refractivity contribution is -0.384. The van der Waals surface area contributed by atoms with Crippen molar-refractivity contribution in [1.82, 2.24) is 4.57 Å². The molecule has 1 aliphatic rings. The van der Waals surface area contributed by atoms with Crippen LogP contribution in [0.5, 0.6) is 0 Å². The summed E-state index contributed by atoms with van der Waals surface area (Å²) in [5, 5.41) is 12.0. The molecule has 1 aromatic heterocycles. The fraction of sp³-hybridized carbons (Fsp3) is 0.467. The van der Waals surface area contributed by atoms with E-state index in [0.717, 1.165) is 10.9 Å². The number of aryl methyl sites for hydroxylation is 1. The summed E-state index contributed by atoms with van der Waals surface area (Å²) in [5.74, 6) is 0.569. The van der Waals surface area contributed by atoms with Gasteiger partial charge in [0.2, 0.25) is 0 Å². The normalized spacial score (nSPS) is 16.9. The van der Waals surface area contributed by atoms with Gasteiger partial charge in [0, 0.05) is 36.3 Å². The Bertz CT molecular complexity index is 624. The lowest BCUT2D eigenvalue weighted by Crippen LogP contribution is -2.03. The van der Waals surface area contributed by atoms with Gasteiger partial charge in [-0.3, -0.25) is 10.1 Å². The fourth-order valence-corrected chi connectivity index (χ4v) is 3.26. The van der Waals surface area contributed by atoms with Crippen molar-refractivity contribution in [1.29, 1.82) is 0 Å². The largest absolute Gasteiger partial charge is 0.350 e. The minimum absolute atomic E-state index is 0.191. The zero-order chi connectivity index (χ0) is 13.4. The second-order valence-electron chi connectivity index (χ2n) is 5.49. The summed E-state index contributed by atoms with van der Waals surface area (Å²) < 4.78 is 2.09. The summed E-state index contributed by atoms with van der Waals surface area (Å²) in [5.41, 5.74) is 2.57. The minimum atomic E-state index is -0.308.